The number of hydrogen-bond donors (Lipinski definition) is 2. The largest absolute Gasteiger partial charge is 0.480 e. The van der Waals surface area contributed by atoms with Crippen molar-refractivity contribution in [3.8, 4) is 0 Å². The summed E-state index contributed by atoms with van der Waals surface area (Å²) in [6.07, 6.45) is 7.79. The maximum absolute atomic E-state index is 12.5. The second kappa shape index (κ2) is 6.96. The monoisotopic (exact) mass is 294 g/mol. The van der Waals surface area contributed by atoms with Gasteiger partial charge in [-0.25, -0.2) is 9.59 Å². The number of carbonyl (C=O) groups excluding carboxylic acids is 1. The summed E-state index contributed by atoms with van der Waals surface area (Å²) in [5, 5.41) is 12.3. The van der Waals surface area contributed by atoms with Crippen LogP contribution in [0.1, 0.15) is 52.4 Å². The summed E-state index contributed by atoms with van der Waals surface area (Å²) < 4.78 is 0. The lowest BCUT2D eigenvalue weighted by Gasteiger charge is -2.46. The van der Waals surface area contributed by atoms with E-state index in [2.05, 4.69) is 5.32 Å². The van der Waals surface area contributed by atoms with E-state index in [1.165, 1.54) is 6.42 Å². The van der Waals surface area contributed by atoms with Crippen molar-refractivity contribution in [1.29, 1.82) is 0 Å². The van der Waals surface area contributed by atoms with Gasteiger partial charge in [-0.05, 0) is 45.4 Å². The summed E-state index contributed by atoms with van der Waals surface area (Å²) in [7, 11) is 0. The Labute approximate surface area is 126 Å². The van der Waals surface area contributed by atoms with Gasteiger partial charge < -0.3 is 15.3 Å². The van der Waals surface area contributed by atoms with Crippen molar-refractivity contribution in [1.82, 2.24) is 10.2 Å². The van der Waals surface area contributed by atoms with Crippen LogP contribution in [-0.2, 0) is 4.79 Å². The molecule has 5 heteroatoms. The highest BCUT2D eigenvalue weighted by Gasteiger charge is 2.43. The number of likely N-dealkylation sites (tertiary alicyclic amines) is 1. The molecule has 2 rings (SSSR count). The normalized spacial score (nSPS) is 28.5. The molecular weight excluding hydrogens is 268 g/mol. The Morgan fingerprint density at radius 2 is 1.90 bits per heavy atom. The molecule has 0 radical (unpaired) electrons. The predicted molar refractivity (Wildman–Crippen MR) is 81.1 cm³/mol. The molecule has 21 heavy (non-hydrogen) atoms. The molecule has 5 nitrogen and oxygen atoms in total. The van der Waals surface area contributed by atoms with Gasteiger partial charge in [-0.15, -0.1) is 0 Å². The lowest BCUT2D eigenvalue weighted by atomic mass is 9.76. The van der Waals surface area contributed by atoms with Gasteiger partial charge in [0.2, 0.25) is 0 Å². The van der Waals surface area contributed by atoms with Gasteiger partial charge in [0, 0.05) is 12.6 Å². The van der Waals surface area contributed by atoms with Gasteiger partial charge in [-0.1, -0.05) is 24.5 Å². The molecule has 0 aromatic rings. The number of rotatable bonds is 3. The molecule has 0 spiro atoms. The highest BCUT2D eigenvalue weighted by atomic mass is 16.4. The van der Waals surface area contributed by atoms with E-state index in [4.69, 9.17) is 0 Å². The Hall–Kier alpha value is -1.52. The van der Waals surface area contributed by atoms with E-state index in [1.807, 2.05) is 19.9 Å². The van der Waals surface area contributed by atoms with E-state index >= 15 is 0 Å². The number of amides is 2. The van der Waals surface area contributed by atoms with E-state index < -0.39 is 12.0 Å². The van der Waals surface area contributed by atoms with E-state index in [1.54, 1.807) is 4.90 Å². The molecule has 1 heterocycles. The molecule has 1 aliphatic carbocycles. The summed E-state index contributed by atoms with van der Waals surface area (Å²) in [5.41, 5.74) is 1.14. The molecule has 3 unspecified atom stereocenters. The highest BCUT2D eigenvalue weighted by Crippen LogP contribution is 2.37. The number of urea groups is 1. The van der Waals surface area contributed by atoms with Crippen molar-refractivity contribution in [3.63, 3.8) is 0 Å². The topological polar surface area (TPSA) is 69.6 Å². The third-order valence-corrected chi connectivity index (χ3v) is 4.66. The SMILES string of the molecule is CC(C)=CCNC(=O)N1C(C(=O)O)CCC2CCCCC21. The first-order valence-electron chi connectivity index (χ1n) is 7.93. The Morgan fingerprint density at radius 1 is 1.19 bits per heavy atom. The van der Waals surface area contributed by atoms with Gasteiger partial charge in [-0.2, -0.15) is 0 Å². The van der Waals surface area contributed by atoms with Crippen LogP contribution in [0.5, 0.6) is 0 Å². The van der Waals surface area contributed by atoms with Gasteiger partial charge in [0.05, 0.1) is 0 Å². The molecular formula is C16H26N2O3. The van der Waals surface area contributed by atoms with Gasteiger partial charge in [0.1, 0.15) is 6.04 Å². The first kappa shape index (κ1) is 15.9. The van der Waals surface area contributed by atoms with Crippen LogP contribution in [0.2, 0.25) is 0 Å². The van der Waals surface area contributed by atoms with Crippen LogP contribution in [0.4, 0.5) is 4.79 Å². The average molecular weight is 294 g/mol. The van der Waals surface area contributed by atoms with Crippen LogP contribution >= 0.6 is 0 Å². The highest BCUT2D eigenvalue weighted by molar-refractivity contribution is 5.83. The summed E-state index contributed by atoms with van der Waals surface area (Å²) in [6, 6.07) is -0.798. The number of carboxylic acid groups (broad SMARTS) is 1. The van der Waals surface area contributed by atoms with E-state index in [9.17, 15) is 14.7 Å². The van der Waals surface area contributed by atoms with Crippen LogP contribution in [0.15, 0.2) is 11.6 Å². The minimum absolute atomic E-state index is 0.0975. The fourth-order valence-electron chi connectivity index (χ4n) is 3.60. The summed E-state index contributed by atoms with van der Waals surface area (Å²) >= 11 is 0. The standard InChI is InChI=1S/C16H26N2O3/c1-11(2)9-10-17-16(21)18-13-6-4-3-5-12(13)7-8-14(18)15(19)20/h9,12-14H,3-8,10H2,1-2H3,(H,17,21)(H,19,20). The predicted octanol–water partition coefficient (Wildman–Crippen LogP) is 2.77. The second-order valence-corrected chi connectivity index (χ2v) is 6.42. The van der Waals surface area contributed by atoms with Crippen LogP contribution < -0.4 is 5.32 Å². The number of carbonyl (C=O) groups is 2. The molecule has 2 fully saturated rings. The third-order valence-electron chi connectivity index (χ3n) is 4.66. The number of allylic oxidation sites excluding steroid dienone is 1. The van der Waals surface area contributed by atoms with Crippen molar-refractivity contribution in [2.75, 3.05) is 6.54 Å². The minimum Gasteiger partial charge on any atom is -0.480 e. The third kappa shape index (κ3) is 3.77. The lowest BCUT2D eigenvalue weighted by molar-refractivity contribution is -0.145. The number of aliphatic carboxylic acids is 1. The molecule has 1 saturated heterocycles. The fourth-order valence-corrected chi connectivity index (χ4v) is 3.60. The molecule has 0 aromatic carbocycles. The molecule has 118 valence electrons. The minimum atomic E-state index is -0.878. The smallest absolute Gasteiger partial charge is 0.326 e. The lowest BCUT2D eigenvalue weighted by Crippen LogP contribution is -2.59. The zero-order chi connectivity index (χ0) is 15.4. The Kier molecular flexibility index (Phi) is 5.26. The van der Waals surface area contributed by atoms with Crippen molar-refractivity contribution >= 4 is 12.0 Å². The fraction of sp³-hybridized carbons (Fsp3) is 0.750. The number of fused-ring (bicyclic) bond motifs is 1. The first-order valence-corrected chi connectivity index (χ1v) is 7.93. The second-order valence-electron chi connectivity index (χ2n) is 6.42. The van der Waals surface area contributed by atoms with E-state index in [-0.39, 0.29) is 12.1 Å². The van der Waals surface area contributed by atoms with Crippen molar-refractivity contribution in [3.05, 3.63) is 11.6 Å². The van der Waals surface area contributed by atoms with E-state index in [0.717, 1.165) is 31.3 Å². The molecule has 0 bridgehead atoms. The summed E-state index contributed by atoms with van der Waals surface area (Å²) in [5.74, 6) is -0.403. The maximum Gasteiger partial charge on any atom is 0.326 e. The quantitative estimate of drug-likeness (QED) is 0.786. The van der Waals surface area contributed by atoms with Crippen molar-refractivity contribution in [2.24, 2.45) is 5.92 Å². The number of nitrogens with zero attached hydrogens (tertiary/aromatic N) is 1. The van der Waals surface area contributed by atoms with Crippen LogP contribution in [-0.4, -0.2) is 40.6 Å². The molecule has 2 N–H and O–H groups in total. The molecule has 1 saturated carbocycles. The number of nitrogens with one attached hydrogen (secondary N) is 1. The number of hydrogen-bond acceptors (Lipinski definition) is 2. The summed E-state index contributed by atoms with van der Waals surface area (Å²) in [4.78, 5) is 25.6. The molecule has 2 aliphatic rings. The van der Waals surface area contributed by atoms with Crippen molar-refractivity contribution in [2.45, 2.75) is 64.5 Å². The maximum atomic E-state index is 12.5. The van der Waals surface area contributed by atoms with E-state index in [0.29, 0.717) is 18.9 Å². The average Bonchev–Trinajstić information content (AvgIpc) is 2.45. The molecule has 2 amide bonds. The Morgan fingerprint density at radius 3 is 2.57 bits per heavy atom. The zero-order valence-corrected chi connectivity index (χ0v) is 13.0. The van der Waals surface area contributed by atoms with Gasteiger partial charge >= 0.3 is 12.0 Å². The molecule has 0 aromatic heterocycles. The van der Waals surface area contributed by atoms with Crippen LogP contribution in [0.3, 0.4) is 0 Å². The first-order chi connectivity index (χ1) is 10.0. The van der Waals surface area contributed by atoms with Crippen LogP contribution in [0.25, 0.3) is 0 Å². The van der Waals surface area contributed by atoms with Gasteiger partial charge in [-0.3, -0.25) is 0 Å². The number of piperidine rings is 1. The zero-order valence-electron chi connectivity index (χ0n) is 13.0. The van der Waals surface area contributed by atoms with Crippen molar-refractivity contribution < 1.29 is 14.7 Å². The van der Waals surface area contributed by atoms with Gasteiger partial charge in [0.25, 0.3) is 0 Å². The van der Waals surface area contributed by atoms with Crippen LogP contribution in [0, 0.1) is 5.92 Å². The number of carboxylic acids is 1. The van der Waals surface area contributed by atoms with Gasteiger partial charge in [0.15, 0.2) is 0 Å². The Balaban J connectivity index is 2.10. The molecule has 3 atom stereocenters. The Bertz CT molecular complexity index is 429. The summed E-state index contributed by atoms with van der Waals surface area (Å²) in [6.45, 7) is 4.41. The molecule has 1 aliphatic heterocycles.